The molecule has 1 atom stereocenters. The van der Waals surface area contributed by atoms with E-state index in [0.29, 0.717) is 13.0 Å². The number of allylic oxidation sites excluding steroid dienone is 1. The second-order valence-electron chi connectivity index (χ2n) is 5.27. The monoisotopic (exact) mass is 262 g/mol. The van der Waals surface area contributed by atoms with Gasteiger partial charge in [0.1, 0.15) is 12.4 Å². The fraction of sp³-hybridized carbons (Fsp3) is 0.167. The number of hydrogen-bond donors (Lipinski definition) is 0. The Morgan fingerprint density at radius 3 is 2.55 bits per heavy atom. The number of fused-ring (bicyclic) bond motifs is 3. The smallest absolute Gasteiger partial charge is 0.164 e. The van der Waals surface area contributed by atoms with E-state index < -0.39 is 0 Å². The number of benzene rings is 2. The quantitative estimate of drug-likeness (QED) is 0.785. The van der Waals surface area contributed by atoms with Crippen LogP contribution in [0.25, 0.3) is 5.57 Å². The normalized spacial score (nSPS) is 20.4. The van der Waals surface area contributed by atoms with E-state index in [1.54, 1.807) is 0 Å². The Labute approximate surface area is 117 Å². The average Bonchev–Trinajstić information content (AvgIpc) is 2.84. The molecule has 98 valence electrons. The minimum absolute atomic E-state index is 0.197. The van der Waals surface area contributed by atoms with Crippen molar-refractivity contribution in [1.82, 2.24) is 0 Å². The number of ketones is 1. The molecule has 1 aliphatic carbocycles. The highest BCUT2D eigenvalue weighted by Gasteiger charge is 2.37. The first-order valence-electron chi connectivity index (χ1n) is 6.88. The van der Waals surface area contributed by atoms with E-state index in [0.717, 1.165) is 28.0 Å². The van der Waals surface area contributed by atoms with Gasteiger partial charge in [0, 0.05) is 23.5 Å². The number of hydrogen-bond acceptors (Lipinski definition) is 2. The number of carbonyl (C=O) groups excluding carboxylic acids is 1. The van der Waals surface area contributed by atoms with Crippen molar-refractivity contribution >= 4 is 11.4 Å². The van der Waals surface area contributed by atoms with Crippen molar-refractivity contribution in [2.24, 2.45) is 0 Å². The molecule has 1 heterocycles. The molecule has 0 radical (unpaired) electrons. The lowest BCUT2D eigenvalue weighted by molar-refractivity contribution is -0.113. The standard InChI is InChI=1S/C18H14O2/c19-16-10-14-13-8-4-5-9-17(13)20-11-15(14)18(16)12-6-2-1-3-7-12/h1-9,14H,10-11H2. The topological polar surface area (TPSA) is 26.3 Å². The lowest BCUT2D eigenvalue weighted by Crippen LogP contribution is -2.15. The molecule has 2 aromatic rings. The highest BCUT2D eigenvalue weighted by Crippen LogP contribution is 2.47. The van der Waals surface area contributed by atoms with Gasteiger partial charge in [0.2, 0.25) is 0 Å². The van der Waals surface area contributed by atoms with E-state index in [4.69, 9.17) is 4.74 Å². The largest absolute Gasteiger partial charge is 0.489 e. The Morgan fingerprint density at radius 2 is 1.70 bits per heavy atom. The Bertz CT molecular complexity index is 713. The van der Waals surface area contributed by atoms with E-state index in [-0.39, 0.29) is 11.7 Å². The molecule has 0 N–H and O–H groups in total. The van der Waals surface area contributed by atoms with Crippen LogP contribution in [-0.4, -0.2) is 12.4 Å². The third kappa shape index (κ3) is 1.61. The van der Waals surface area contributed by atoms with Crippen molar-refractivity contribution in [3.63, 3.8) is 0 Å². The van der Waals surface area contributed by atoms with Crippen molar-refractivity contribution in [3.8, 4) is 5.75 Å². The average molecular weight is 262 g/mol. The summed E-state index contributed by atoms with van der Waals surface area (Å²) >= 11 is 0. The van der Waals surface area contributed by atoms with E-state index in [9.17, 15) is 4.79 Å². The Balaban J connectivity index is 1.87. The molecule has 0 fully saturated rings. The summed E-state index contributed by atoms with van der Waals surface area (Å²) in [4.78, 5) is 12.4. The molecule has 0 spiro atoms. The molecule has 1 aliphatic heterocycles. The Hall–Kier alpha value is -2.35. The third-order valence-electron chi connectivity index (χ3n) is 4.15. The minimum atomic E-state index is 0.197. The Morgan fingerprint density at radius 1 is 0.950 bits per heavy atom. The van der Waals surface area contributed by atoms with Crippen LogP contribution in [-0.2, 0) is 4.79 Å². The molecule has 0 saturated heterocycles. The first-order chi connectivity index (χ1) is 9.84. The first-order valence-corrected chi connectivity index (χ1v) is 6.88. The number of para-hydroxylation sites is 1. The fourth-order valence-corrected chi connectivity index (χ4v) is 3.24. The second-order valence-corrected chi connectivity index (χ2v) is 5.27. The van der Waals surface area contributed by atoms with Gasteiger partial charge in [0.25, 0.3) is 0 Å². The molecule has 0 amide bonds. The Kier molecular flexibility index (Phi) is 2.49. The summed E-state index contributed by atoms with van der Waals surface area (Å²) in [5.74, 6) is 1.35. The van der Waals surface area contributed by atoms with Crippen molar-refractivity contribution in [2.75, 3.05) is 6.61 Å². The highest BCUT2D eigenvalue weighted by atomic mass is 16.5. The van der Waals surface area contributed by atoms with Crippen LogP contribution in [0.15, 0.2) is 60.2 Å². The number of ether oxygens (including phenoxy) is 1. The molecule has 0 saturated carbocycles. The summed E-state index contributed by atoms with van der Waals surface area (Å²) in [6.07, 6.45) is 0.569. The van der Waals surface area contributed by atoms with Gasteiger partial charge in [-0.1, -0.05) is 48.5 Å². The maximum Gasteiger partial charge on any atom is 0.164 e. The van der Waals surface area contributed by atoms with Gasteiger partial charge in [0.05, 0.1) is 0 Å². The molecule has 2 aromatic carbocycles. The lowest BCUT2D eigenvalue weighted by atomic mass is 9.89. The minimum Gasteiger partial charge on any atom is -0.489 e. The van der Waals surface area contributed by atoms with E-state index >= 15 is 0 Å². The number of carbonyl (C=O) groups is 1. The number of Topliss-reactive ketones (excluding diaryl/α,β-unsaturated/α-hetero) is 1. The SMILES string of the molecule is O=C1CC2C(=C1c1ccccc1)COc1ccccc12. The summed E-state index contributed by atoms with van der Waals surface area (Å²) in [6, 6.07) is 18.0. The van der Waals surface area contributed by atoms with E-state index in [2.05, 4.69) is 6.07 Å². The van der Waals surface area contributed by atoms with Gasteiger partial charge in [0.15, 0.2) is 5.78 Å². The van der Waals surface area contributed by atoms with Crippen molar-refractivity contribution in [1.29, 1.82) is 0 Å². The van der Waals surface area contributed by atoms with Crippen LogP contribution >= 0.6 is 0 Å². The summed E-state index contributed by atoms with van der Waals surface area (Å²) in [5.41, 5.74) is 4.16. The van der Waals surface area contributed by atoms with Gasteiger partial charge in [-0.2, -0.15) is 0 Å². The highest BCUT2D eigenvalue weighted by molar-refractivity contribution is 6.24. The third-order valence-corrected chi connectivity index (χ3v) is 4.15. The van der Waals surface area contributed by atoms with Gasteiger partial charge in [-0.3, -0.25) is 4.79 Å². The molecule has 2 heteroatoms. The van der Waals surface area contributed by atoms with Crippen LogP contribution in [0.3, 0.4) is 0 Å². The van der Waals surface area contributed by atoms with Crippen LogP contribution in [0.5, 0.6) is 5.75 Å². The zero-order valence-electron chi connectivity index (χ0n) is 11.0. The first kappa shape index (κ1) is 11.5. The van der Waals surface area contributed by atoms with Gasteiger partial charge >= 0.3 is 0 Å². The maximum absolute atomic E-state index is 12.4. The molecular formula is C18H14O2. The summed E-state index contributed by atoms with van der Waals surface area (Å²) < 4.78 is 5.83. The molecule has 2 nitrogen and oxygen atoms in total. The van der Waals surface area contributed by atoms with E-state index in [1.165, 1.54) is 0 Å². The molecule has 0 aromatic heterocycles. The van der Waals surface area contributed by atoms with Crippen LogP contribution in [0, 0.1) is 0 Å². The molecule has 4 rings (SSSR count). The zero-order valence-corrected chi connectivity index (χ0v) is 11.0. The molecule has 0 bridgehead atoms. The van der Waals surface area contributed by atoms with Gasteiger partial charge in [-0.05, 0) is 17.2 Å². The predicted octanol–water partition coefficient (Wildman–Crippen LogP) is 3.59. The van der Waals surface area contributed by atoms with Crippen molar-refractivity contribution in [3.05, 3.63) is 71.3 Å². The van der Waals surface area contributed by atoms with Gasteiger partial charge in [-0.25, -0.2) is 0 Å². The fourth-order valence-electron chi connectivity index (χ4n) is 3.24. The van der Waals surface area contributed by atoms with Crippen LogP contribution in [0.4, 0.5) is 0 Å². The lowest BCUT2D eigenvalue weighted by Gasteiger charge is -2.25. The summed E-state index contributed by atoms with van der Waals surface area (Å²) in [5, 5.41) is 0. The van der Waals surface area contributed by atoms with Crippen LogP contribution < -0.4 is 4.74 Å². The van der Waals surface area contributed by atoms with Crippen molar-refractivity contribution < 1.29 is 9.53 Å². The second kappa shape index (κ2) is 4.34. The molecule has 20 heavy (non-hydrogen) atoms. The summed E-state index contributed by atoms with van der Waals surface area (Å²) in [6.45, 7) is 0.525. The zero-order chi connectivity index (χ0) is 13.5. The van der Waals surface area contributed by atoms with Crippen LogP contribution in [0.2, 0.25) is 0 Å². The van der Waals surface area contributed by atoms with E-state index in [1.807, 2.05) is 48.5 Å². The molecular weight excluding hydrogens is 248 g/mol. The number of rotatable bonds is 1. The predicted molar refractivity (Wildman–Crippen MR) is 77.7 cm³/mol. The maximum atomic E-state index is 12.4. The molecule has 1 unspecified atom stereocenters. The summed E-state index contributed by atoms with van der Waals surface area (Å²) in [7, 11) is 0. The van der Waals surface area contributed by atoms with Gasteiger partial charge < -0.3 is 4.74 Å². The van der Waals surface area contributed by atoms with Crippen LogP contribution in [0.1, 0.15) is 23.5 Å². The van der Waals surface area contributed by atoms with Crippen molar-refractivity contribution in [2.45, 2.75) is 12.3 Å². The molecule has 2 aliphatic rings. The van der Waals surface area contributed by atoms with Gasteiger partial charge in [-0.15, -0.1) is 0 Å².